The fourth-order valence-corrected chi connectivity index (χ4v) is 2.04. The Hall–Kier alpha value is -1.93. The second-order valence-corrected chi connectivity index (χ2v) is 5.41. The molecule has 5 N–H and O–H groups in total. The van der Waals surface area contributed by atoms with E-state index < -0.39 is 10.5 Å². The molecule has 0 radical (unpaired) electrons. The lowest BCUT2D eigenvalue weighted by Crippen LogP contribution is -2.35. The van der Waals surface area contributed by atoms with Gasteiger partial charge in [0.2, 0.25) is 5.82 Å². The maximum absolute atomic E-state index is 10.9. The molecule has 1 rings (SSSR count). The highest BCUT2D eigenvalue weighted by atomic mass is 16.6. The number of aliphatic hydroxyl groups is 1. The van der Waals surface area contributed by atoms with Crippen molar-refractivity contribution in [1.82, 2.24) is 4.98 Å². The molecule has 0 aliphatic rings. The molecule has 1 aromatic heterocycles. The number of nitrogen functional groups attached to an aromatic ring is 1. The van der Waals surface area contributed by atoms with Gasteiger partial charge in [-0.2, -0.15) is 0 Å². The Kier molecular flexibility index (Phi) is 5.23. The lowest BCUT2D eigenvalue weighted by Gasteiger charge is -2.25. The zero-order chi connectivity index (χ0) is 15.3. The third-order valence-electron chi connectivity index (χ3n) is 2.70. The molecule has 0 aliphatic heterocycles. The number of hydrogen-bond acceptors (Lipinski definition) is 7. The first-order valence-electron chi connectivity index (χ1n) is 6.33. The molecule has 20 heavy (non-hydrogen) atoms. The number of nitrogens with zero attached hydrogens (tertiary/aromatic N) is 2. The van der Waals surface area contributed by atoms with Gasteiger partial charge < -0.3 is 15.8 Å². The monoisotopic (exact) mass is 283 g/mol. The van der Waals surface area contributed by atoms with Gasteiger partial charge in [-0.3, -0.25) is 10.1 Å². The maximum atomic E-state index is 10.9. The number of pyridine rings is 1. The summed E-state index contributed by atoms with van der Waals surface area (Å²) in [6.07, 6.45) is 0.572. The summed E-state index contributed by atoms with van der Waals surface area (Å²) in [6, 6.07) is 2.72. The smallest absolute Gasteiger partial charge is 0.311 e. The van der Waals surface area contributed by atoms with E-state index in [4.69, 9.17) is 5.84 Å². The van der Waals surface area contributed by atoms with Crippen molar-refractivity contribution in [2.75, 3.05) is 17.3 Å². The molecule has 112 valence electrons. The number of rotatable bonds is 7. The molecule has 0 fully saturated rings. The number of hydrazine groups is 1. The van der Waals surface area contributed by atoms with Crippen LogP contribution in [-0.2, 0) is 0 Å². The molecule has 0 aromatic carbocycles. The fraction of sp³-hybridized carbons (Fsp3) is 0.583. The Balaban J connectivity index is 2.87. The van der Waals surface area contributed by atoms with Crippen molar-refractivity contribution < 1.29 is 10.0 Å². The summed E-state index contributed by atoms with van der Waals surface area (Å²) in [4.78, 5) is 14.4. The van der Waals surface area contributed by atoms with Crippen LogP contribution in [0.25, 0.3) is 0 Å². The van der Waals surface area contributed by atoms with Crippen LogP contribution in [0.1, 0.15) is 27.2 Å². The van der Waals surface area contributed by atoms with Crippen LogP contribution in [0.15, 0.2) is 12.1 Å². The Bertz CT molecular complexity index is 476. The quantitative estimate of drug-likeness (QED) is 0.339. The number of nitrogens with one attached hydrogen (secondary N) is 2. The second kappa shape index (κ2) is 6.49. The van der Waals surface area contributed by atoms with Gasteiger partial charge in [-0.05, 0) is 25.3 Å². The van der Waals surface area contributed by atoms with Gasteiger partial charge in [-0.25, -0.2) is 10.8 Å². The first-order chi connectivity index (χ1) is 9.25. The topological polar surface area (TPSA) is 126 Å². The van der Waals surface area contributed by atoms with Gasteiger partial charge in [0.05, 0.1) is 10.5 Å². The molecule has 1 heterocycles. The maximum Gasteiger partial charge on any atom is 0.311 e. The van der Waals surface area contributed by atoms with Gasteiger partial charge in [0.25, 0.3) is 0 Å². The Morgan fingerprint density at radius 1 is 1.55 bits per heavy atom. The van der Waals surface area contributed by atoms with Gasteiger partial charge in [0.15, 0.2) is 0 Å². The predicted octanol–water partition coefficient (Wildman–Crippen LogP) is 1.48. The third-order valence-corrected chi connectivity index (χ3v) is 2.70. The SMILES string of the molecule is CC(C)CC(C)(O)CNc1nc(NN)ccc1[N+](=O)[O-]. The van der Waals surface area contributed by atoms with E-state index in [9.17, 15) is 15.2 Å². The van der Waals surface area contributed by atoms with Crippen molar-refractivity contribution >= 4 is 17.3 Å². The molecule has 8 heteroatoms. The summed E-state index contributed by atoms with van der Waals surface area (Å²) in [5.74, 6) is 5.93. The summed E-state index contributed by atoms with van der Waals surface area (Å²) < 4.78 is 0. The Morgan fingerprint density at radius 3 is 2.70 bits per heavy atom. The van der Waals surface area contributed by atoms with E-state index in [0.717, 1.165) is 0 Å². The van der Waals surface area contributed by atoms with Crippen LogP contribution in [0.3, 0.4) is 0 Å². The van der Waals surface area contributed by atoms with Crippen LogP contribution >= 0.6 is 0 Å². The molecule has 1 atom stereocenters. The first-order valence-corrected chi connectivity index (χ1v) is 6.33. The second-order valence-electron chi connectivity index (χ2n) is 5.41. The predicted molar refractivity (Wildman–Crippen MR) is 77.3 cm³/mol. The molecule has 0 bridgehead atoms. The Labute approximate surface area is 117 Å². The van der Waals surface area contributed by atoms with E-state index in [2.05, 4.69) is 15.7 Å². The van der Waals surface area contributed by atoms with Crippen molar-refractivity contribution in [3.8, 4) is 0 Å². The van der Waals surface area contributed by atoms with E-state index in [0.29, 0.717) is 18.2 Å². The third kappa shape index (κ3) is 4.63. The molecule has 0 amide bonds. The van der Waals surface area contributed by atoms with Crippen LogP contribution in [-0.4, -0.2) is 27.2 Å². The lowest BCUT2D eigenvalue weighted by molar-refractivity contribution is -0.384. The van der Waals surface area contributed by atoms with E-state index in [1.165, 1.54) is 12.1 Å². The van der Waals surface area contributed by atoms with Crippen LogP contribution in [0.2, 0.25) is 0 Å². The zero-order valence-electron chi connectivity index (χ0n) is 11.9. The summed E-state index contributed by atoms with van der Waals surface area (Å²) in [7, 11) is 0. The van der Waals surface area contributed by atoms with E-state index >= 15 is 0 Å². The molecule has 1 unspecified atom stereocenters. The van der Waals surface area contributed by atoms with Gasteiger partial charge in [-0.15, -0.1) is 0 Å². The van der Waals surface area contributed by atoms with Crippen molar-refractivity contribution in [1.29, 1.82) is 0 Å². The molecule has 1 aromatic rings. The van der Waals surface area contributed by atoms with E-state index in [1.807, 2.05) is 13.8 Å². The largest absolute Gasteiger partial charge is 0.388 e. The minimum absolute atomic E-state index is 0.0782. The van der Waals surface area contributed by atoms with Crippen molar-refractivity contribution in [3.63, 3.8) is 0 Å². The average Bonchev–Trinajstić information content (AvgIpc) is 2.34. The number of nitrogens with two attached hydrogens (primary N) is 1. The highest BCUT2D eigenvalue weighted by Crippen LogP contribution is 2.25. The molecular weight excluding hydrogens is 262 g/mol. The van der Waals surface area contributed by atoms with Crippen LogP contribution < -0.4 is 16.6 Å². The molecule has 8 nitrogen and oxygen atoms in total. The minimum Gasteiger partial charge on any atom is -0.388 e. The number of aromatic nitrogens is 1. The standard InChI is InChI=1S/C12H21N5O3/c1-8(2)6-12(3,18)7-14-11-9(17(19)20)4-5-10(15-11)16-13/h4-5,8,18H,6-7,13H2,1-3H3,(H2,14,15,16). The minimum atomic E-state index is -0.976. The highest BCUT2D eigenvalue weighted by Gasteiger charge is 2.24. The van der Waals surface area contributed by atoms with Crippen LogP contribution in [0.5, 0.6) is 0 Å². The molecular formula is C12H21N5O3. The molecule has 0 spiro atoms. The number of anilines is 2. The first kappa shape index (κ1) is 16.1. The zero-order valence-corrected chi connectivity index (χ0v) is 11.9. The normalized spacial score (nSPS) is 13.9. The van der Waals surface area contributed by atoms with E-state index in [1.54, 1.807) is 6.92 Å². The van der Waals surface area contributed by atoms with Gasteiger partial charge in [0.1, 0.15) is 5.82 Å². The van der Waals surface area contributed by atoms with Crippen molar-refractivity contribution in [3.05, 3.63) is 22.2 Å². The lowest BCUT2D eigenvalue weighted by atomic mass is 9.94. The van der Waals surface area contributed by atoms with E-state index in [-0.39, 0.29) is 18.1 Å². The summed E-state index contributed by atoms with van der Waals surface area (Å²) >= 11 is 0. The van der Waals surface area contributed by atoms with Crippen LogP contribution in [0, 0.1) is 16.0 Å². The summed E-state index contributed by atoms with van der Waals surface area (Å²) in [6.45, 7) is 5.83. The van der Waals surface area contributed by atoms with Crippen LogP contribution in [0.4, 0.5) is 17.3 Å². The fourth-order valence-electron chi connectivity index (χ4n) is 2.04. The summed E-state index contributed by atoms with van der Waals surface area (Å²) in [5.41, 5.74) is 1.19. The van der Waals surface area contributed by atoms with Crippen molar-refractivity contribution in [2.45, 2.75) is 32.8 Å². The molecule has 0 saturated heterocycles. The molecule has 0 aliphatic carbocycles. The van der Waals surface area contributed by atoms with Gasteiger partial charge in [0, 0.05) is 12.6 Å². The Morgan fingerprint density at radius 2 is 2.20 bits per heavy atom. The average molecular weight is 283 g/mol. The van der Waals surface area contributed by atoms with Gasteiger partial charge in [-0.1, -0.05) is 13.8 Å². The number of nitro groups is 1. The summed E-state index contributed by atoms with van der Waals surface area (Å²) in [5, 5.41) is 24.0. The molecule has 0 saturated carbocycles. The van der Waals surface area contributed by atoms with Crippen molar-refractivity contribution in [2.24, 2.45) is 11.8 Å². The number of hydrogen-bond donors (Lipinski definition) is 4. The highest BCUT2D eigenvalue weighted by molar-refractivity contribution is 5.60. The van der Waals surface area contributed by atoms with Gasteiger partial charge >= 0.3 is 5.69 Å².